The Kier molecular flexibility index (Phi) is 4.95. The van der Waals surface area contributed by atoms with E-state index in [0.717, 1.165) is 32.6 Å². The average molecular weight is 278 g/mol. The average Bonchev–Trinajstić information content (AvgIpc) is 2.47. The molecule has 2 rings (SSSR count). The van der Waals surface area contributed by atoms with Gasteiger partial charge in [-0.15, -0.1) is 0 Å². The van der Waals surface area contributed by atoms with E-state index in [1.54, 1.807) is 25.3 Å². The zero-order valence-electron chi connectivity index (χ0n) is 12.1. The Bertz CT molecular complexity index is 456. The molecule has 2 heterocycles. The maximum absolute atomic E-state index is 11.9. The topological polar surface area (TPSA) is 60.5 Å². The van der Waals surface area contributed by atoms with Crippen LogP contribution in [-0.2, 0) is 9.47 Å². The fourth-order valence-electron chi connectivity index (χ4n) is 2.26. The molecule has 1 aliphatic rings. The van der Waals surface area contributed by atoms with Crippen LogP contribution in [0.25, 0.3) is 0 Å². The summed E-state index contributed by atoms with van der Waals surface area (Å²) in [5, 5.41) is 3.30. The van der Waals surface area contributed by atoms with Gasteiger partial charge >= 0.3 is 5.97 Å². The lowest BCUT2D eigenvalue weighted by molar-refractivity contribution is 0.0299. The van der Waals surface area contributed by atoms with Crippen molar-refractivity contribution in [1.82, 2.24) is 4.98 Å². The first-order valence-electron chi connectivity index (χ1n) is 7.08. The molecule has 1 aliphatic heterocycles. The van der Waals surface area contributed by atoms with Gasteiger partial charge in [0.05, 0.1) is 6.61 Å². The first-order chi connectivity index (χ1) is 9.64. The minimum absolute atomic E-state index is 0.182. The predicted molar refractivity (Wildman–Crippen MR) is 76.8 cm³/mol. The summed E-state index contributed by atoms with van der Waals surface area (Å²) in [5.74, 6) is 0.263. The molecule has 0 unspecified atom stereocenters. The predicted octanol–water partition coefficient (Wildman–Crippen LogP) is 2.49. The van der Waals surface area contributed by atoms with E-state index in [4.69, 9.17) is 9.47 Å². The normalized spacial score (nSPS) is 17.5. The summed E-state index contributed by atoms with van der Waals surface area (Å²) in [6.45, 7) is 6.76. The summed E-state index contributed by atoms with van der Waals surface area (Å²) in [6.07, 6.45) is 3.71. The molecule has 5 nitrogen and oxygen atoms in total. The number of esters is 1. The number of nitrogens with one attached hydrogen (secondary N) is 1. The van der Waals surface area contributed by atoms with Crippen LogP contribution < -0.4 is 5.32 Å². The van der Waals surface area contributed by atoms with Gasteiger partial charge in [0.1, 0.15) is 11.4 Å². The first kappa shape index (κ1) is 14.8. The van der Waals surface area contributed by atoms with Gasteiger partial charge in [-0.05, 0) is 37.3 Å². The summed E-state index contributed by atoms with van der Waals surface area (Å²) < 4.78 is 10.4. The number of carbonyl (C=O) groups is 1. The molecular formula is C15H22N2O3. The molecule has 0 amide bonds. The fraction of sp³-hybridized carbons (Fsp3) is 0.600. The highest BCUT2D eigenvalue weighted by molar-refractivity contribution is 5.94. The molecule has 1 aromatic rings. The number of aromatic nitrogens is 1. The second kappa shape index (κ2) is 6.70. The van der Waals surface area contributed by atoms with Crippen LogP contribution in [0, 0.1) is 5.41 Å². The number of hydrogen-bond acceptors (Lipinski definition) is 5. The lowest BCUT2D eigenvalue weighted by Gasteiger charge is -2.33. The number of rotatable bonds is 5. The van der Waals surface area contributed by atoms with Crippen molar-refractivity contribution in [3.8, 4) is 0 Å². The number of ether oxygens (including phenoxy) is 2. The maximum atomic E-state index is 11.9. The smallest absolute Gasteiger partial charge is 0.341 e. The SMILES string of the molecule is CCOC(=O)c1cccnc1NCC1(C)CCOCC1. The molecule has 0 atom stereocenters. The van der Waals surface area contributed by atoms with Gasteiger partial charge < -0.3 is 14.8 Å². The van der Waals surface area contributed by atoms with Crippen LogP contribution in [0.4, 0.5) is 5.82 Å². The standard InChI is InChI=1S/C15H22N2O3/c1-3-20-14(18)12-5-4-8-16-13(12)17-11-15(2)6-9-19-10-7-15/h4-5,8H,3,6-7,9-11H2,1-2H3,(H,16,17). The van der Waals surface area contributed by atoms with Crippen molar-refractivity contribution < 1.29 is 14.3 Å². The molecule has 5 heteroatoms. The minimum Gasteiger partial charge on any atom is -0.462 e. The molecule has 0 saturated carbocycles. The van der Waals surface area contributed by atoms with E-state index in [1.807, 2.05) is 0 Å². The van der Waals surface area contributed by atoms with Gasteiger partial charge in [-0.2, -0.15) is 0 Å². The lowest BCUT2D eigenvalue weighted by atomic mass is 9.82. The van der Waals surface area contributed by atoms with Crippen molar-refractivity contribution in [3.05, 3.63) is 23.9 Å². The maximum Gasteiger partial charge on any atom is 0.341 e. The monoisotopic (exact) mass is 278 g/mol. The lowest BCUT2D eigenvalue weighted by Crippen LogP contribution is -2.33. The van der Waals surface area contributed by atoms with Gasteiger partial charge in [-0.3, -0.25) is 0 Å². The number of hydrogen-bond donors (Lipinski definition) is 1. The number of pyridine rings is 1. The summed E-state index contributed by atoms with van der Waals surface area (Å²) in [7, 11) is 0. The van der Waals surface area contributed by atoms with Gasteiger partial charge in [0.25, 0.3) is 0 Å². The third-order valence-corrected chi connectivity index (χ3v) is 3.69. The molecule has 0 bridgehead atoms. The van der Waals surface area contributed by atoms with Gasteiger partial charge in [-0.1, -0.05) is 6.92 Å². The Morgan fingerprint density at radius 3 is 2.95 bits per heavy atom. The summed E-state index contributed by atoms with van der Waals surface area (Å²) in [4.78, 5) is 16.1. The molecule has 110 valence electrons. The van der Waals surface area contributed by atoms with Crippen molar-refractivity contribution in [2.24, 2.45) is 5.41 Å². The highest BCUT2D eigenvalue weighted by atomic mass is 16.5. The van der Waals surface area contributed by atoms with Gasteiger partial charge in [0.2, 0.25) is 0 Å². The van der Waals surface area contributed by atoms with Crippen molar-refractivity contribution >= 4 is 11.8 Å². The number of nitrogens with zero attached hydrogens (tertiary/aromatic N) is 1. The molecule has 0 aliphatic carbocycles. The molecule has 0 spiro atoms. The second-order valence-electron chi connectivity index (χ2n) is 5.40. The molecule has 20 heavy (non-hydrogen) atoms. The van der Waals surface area contributed by atoms with Gasteiger partial charge in [-0.25, -0.2) is 9.78 Å². The Morgan fingerprint density at radius 2 is 2.25 bits per heavy atom. The summed E-state index contributed by atoms with van der Waals surface area (Å²) >= 11 is 0. The van der Waals surface area contributed by atoms with Crippen LogP contribution in [-0.4, -0.2) is 37.3 Å². The molecule has 1 N–H and O–H groups in total. The fourth-order valence-corrected chi connectivity index (χ4v) is 2.26. The van der Waals surface area contributed by atoms with Crippen LogP contribution in [0.15, 0.2) is 18.3 Å². The third kappa shape index (κ3) is 3.70. The summed E-state index contributed by atoms with van der Waals surface area (Å²) in [6, 6.07) is 3.48. The quantitative estimate of drug-likeness (QED) is 0.838. The van der Waals surface area contributed by atoms with Crippen LogP contribution >= 0.6 is 0 Å². The van der Waals surface area contributed by atoms with E-state index in [-0.39, 0.29) is 11.4 Å². The second-order valence-corrected chi connectivity index (χ2v) is 5.40. The van der Waals surface area contributed by atoms with Gasteiger partial charge in [0.15, 0.2) is 0 Å². The van der Waals surface area contributed by atoms with E-state index >= 15 is 0 Å². The highest BCUT2D eigenvalue weighted by Crippen LogP contribution is 2.30. The Hall–Kier alpha value is -1.62. The van der Waals surface area contributed by atoms with E-state index in [9.17, 15) is 4.79 Å². The summed E-state index contributed by atoms with van der Waals surface area (Å²) in [5.41, 5.74) is 0.673. The van der Waals surface area contributed by atoms with Crippen LogP contribution in [0.1, 0.15) is 37.0 Å². The molecule has 0 radical (unpaired) electrons. The van der Waals surface area contributed by atoms with E-state index in [2.05, 4.69) is 17.2 Å². The number of anilines is 1. The van der Waals surface area contributed by atoms with Crippen LogP contribution in [0.2, 0.25) is 0 Å². The zero-order chi connectivity index (χ0) is 14.4. The Labute approximate surface area is 119 Å². The molecule has 1 saturated heterocycles. The van der Waals surface area contributed by atoms with E-state index in [0.29, 0.717) is 18.0 Å². The van der Waals surface area contributed by atoms with Crippen molar-refractivity contribution in [2.75, 3.05) is 31.7 Å². The largest absolute Gasteiger partial charge is 0.462 e. The first-order valence-corrected chi connectivity index (χ1v) is 7.08. The zero-order valence-corrected chi connectivity index (χ0v) is 12.1. The van der Waals surface area contributed by atoms with Gasteiger partial charge in [0, 0.05) is 26.0 Å². The highest BCUT2D eigenvalue weighted by Gasteiger charge is 2.27. The minimum atomic E-state index is -0.333. The van der Waals surface area contributed by atoms with E-state index in [1.165, 1.54) is 0 Å². The van der Waals surface area contributed by atoms with Crippen LogP contribution in [0.3, 0.4) is 0 Å². The molecule has 1 fully saturated rings. The van der Waals surface area contributed by atoms with E-state index < -0.39 is 0 Å². The third-order valence-electron chi connectivity index (χ3n) is 3.69. The van der Waals surface area contributed by atoms with Crippen molar-refractivity contribution in [1.29, 1.82) is 0 Å². The number of carbonyl (C=O) groups excluding carboxylic acids is 1. The molecule has 1 aromatic heterocycles. The Morgan fingerprint density at radius 1 is 1.50 bits per heavy atom. The van der Waals surface area contributed by atoms with Crippen LogP contribution in [0.5, 0.6) is 0 Å². The molecular weight excluding hydrogens is 256 g/mol. The Balaban J connectivity index is 2.03. The van der Waals surface area contributed by atoms with Crippen molar-refractivity contribution in [2.45, 2.75) is 26.7 Å². The van der Waals surface area contributed by atoms with Crippen molar-refractivity contribution in [3.63, 3.8) is 0 Å². The molecule has 0 aromatic carbocycles.